The van der Waals surface area contributed by atoms with Crippen LogP contribution in [0, 0.1) is 5.92 Å². The zero-order valence-electron chi connectivity index (χ0n) is 17.4. The molecule has 9 nitrogen and oxygen atoms in total. The summed E-state index contributed by atoms with van der Waals surface area (Å²) in [5.41, 5.74) is 2.41. The van der Waals surface area contributed by atoms with Gasteiger partial charge < -0.3 is 19.9 Å². The molecule has 1 aromatic carbocycles. The first-order valence-corrected chi connectivity index (χ1v) is 10.1. The van der Waals surface area contributed by atoms with Crippen molar-refractivity contribution in [1.29, 1.82) is 0 Å². The van der Waals surface area contributed by atoms with Crippen molar-refractivity contribution in [2.24, 2.45) is 5.92 Å². The van der Waals surface area contributed by atoms with Crippen LogP contribution in [0.1, 0.15) is 36.2 Å². The van der Waals surface area contributed by atoms with Gasteiger partial charge in [-0.2, -0.15) is 5.10 Å². The molecule has 0 unspecified atom stereocenters. The number of hydrogen-bond donors (Lipinski definition) is 2. The van der Waals surface area contributed by atoms with Gasteiger partial charge in [0, 0.05) is 23.9 Å². The third-order valence-corrected chi connectivity index (χ3v) is 5.68. The number of nitrogens with one attached hydrogen (secondary N) is 1. The first kappa shape index (κ1) is 20.6. The zero-order valence-corrected chi connectivity index (χ0v) is 17.4. The summed E-state index contributed by atoms with van der Waals surface area (Å²) in [6, 6.07) is 8.95. The lowest BCUT2D eigenvalue weighted by Gasteiger charge is -2.26. The van der Waals surface area contributed by atoms with E-state index in [1.807, 2.05) is 24.3 Å². The Morgan fingerprint density at radius 2 is 1.81 bits per heavy atom. The number of methoxy groups -OCH3 is 2. The van der Waals surface area contributed by atoms with Crippen molar-refractivity contribution in [2.75, 3.05) is 14.2 Å². The summed E-state index contributed by atoms with van der Waals surface area (Å²) in [6.45, 7) is 0. The molecule has 2 N–H and O–H groups in total. The molecule has 0 spiro atoms. The van der Waals surface area contributed by atoms with Crippen LogP contribution in [0.2, 0.25) is 0 Å². The number of carbonyl (C=O) groups is 2. The highest BCUT2D eigenvalue weighted by Gasteiger charge is 2.27. The molecule has 3 aromatic rings. The minimum atomic E-state index is -0.765. The van der Waals surface area contributed by atoms with E-state index in [-0.39, 0.29) is 23.6 Å². The fourth-order valence-corrected chi connectivity index (χ4v) is 3.96. The average Bonchev–Trinajstić information content (AvgIpc) is 3.23. The number of aromatic nitrogens is 3. The molecule has 0 aliphatic heterocycles. The van der Waals surface area contributed by atoms with Gasteiger partial charge in [-0.1, -0.05) is 0 Å². The third kappa shape index (κ3) is 4.16. The highest BCUT2D eigenvalue weighted by Crippen LogP contribution is 2.32. The number of carbonyl (C=O) groups excluding carboxylic acids is 1. The lowest BCUT2D eigenvalue weighted by molar-refractivity contribution is -0.142. The van der Waals surface area contributed by atoms with Crippen LogP contribution in [-0.4, -0.2) is 51.8 Å². The molecule has 0 saturated heterocycles. The van der Waals surface area contributed by atoms with Gasteiger partial charge in [-0.25, -0.2) is 9.50 Å². The van der Waals surface area contributed by atoms with Crippen LogP contribution < -0.4 is 14.8 Å². The van der Waals surface area contributed by atoms with Crippen LogP contribution in [0.3, 0.4) is 0 Å². The molecule has 2 heterocycles. The van der Waals surface area contributed by atoms with Crippen molar-refractivity contribution in [2.45, 2.75) is 31.7 Å². The Balaban J connectivity index is 1.57. The molecule has 162 valence electrons. The summed E-state index contributed by atoms with van der Waals surface area (Å²) in [4.78, 5) is 28.2. The van der Waals surface area contributed by atoms with E-state index in [1.165, 1.54) is 0 Å². The van der Waals surface area contributed by atoms with Crippen molar-refractivity contribution in [3.8, 4) is 22.8 Å². The van der Waals surface area contributed by atoms with Gasteiger partial charge in [0.2, 0.25) is 0 Å². The summed E-state index contributed by atoms with van der Waals surface area (Å²) in [5.74, 6) is -0.167. The predicted molar refractivity (Wildman–Crippen MR) is 112 cm³/mol. The summed E-state index contributed by atoms with van der Waals surface area (Å²) in [5, 5.41) is 16.6. The SMILES string of the molecule is COc1ccc(-c2ccnc3cc(C(=O)N[C@H]4CC[C@H](C(=O)O)CC4)nn23)cc1OC. The van der Waals surface area contributed by atoms with Crippen molar-refractivity contribution in [3.63, 3.8) is 0 Å². The van der Waals surface area contributed by atoms with E-state index < -0.39 is 5.97 Å². The second kappa shape index (κ2) is 8.63. The molecular weight excluding hydrogens is 400 g/mol. The van der Waals surface area contributed by atoms with E-state index in [1.54, 1.807) is 31.0 Å². The van der Waals surface area contributed by atoms with Crippen LogP contribution in [0.25, 0.3) is 16.9 Å². The number of aliphatic carboxylic acids is 1. The van der Waals surface area contributed by atoms with Gasteiger partial charge in [0.05, 0.1) is 25.8 Å². The molecule has 2 aromatic heterocycles. The number of hydrogen-bond acceptors (Lipinski definition) is 6. The number of amides is 1. The van der Waals surface area contributed by atoms with Gasteiger partial charge in [-0.15, -0.1) is 0 Å². The van der Waals surface area contributed by atoms with Gasteiger partial charge >= 0.3 is 5.97 Å². The number of rotatable bonds is 6. The Kier molecular flexibility index (Phi) is 5.75. The summed E-state index contributed by atoms with van der Waals surface area (Å²) in [7, 11) is 3.15. The number of ether oxygens (including phenoxy) is 2. The topological polar surface area (TPSA) is 115 Å². The van der Waals surface area contributed by atoms with Crippen molar-refractivity contribution in [1.82, 2.24) is 19.9 Å². The van der Waals surface area contributed by atoms with Crippen LogP contribution >= 0.6 is 0 Å². The Hall–Kier alpha value is -3.62. The van der Waals surface area contributed by atoms with E-state index in [2.05, 4.69) is 15.4 Å². The van der Waals surface area contributed by atoms with Crippen LogP contribution in [0.4, 0.5) is 0 Å². The summed E-state index contributed by atoms with van der Waals surface area (Å²) >= 11 is 0. The Morgan fingerprint density at radius 3 is 2.48 bits per heavy atom. The highest BCUT2D eigenvalue weighted by atomic mass is 16.5. The minimum Gasteiger partial charge on any atom is -0.493 e. The Bertz CT molecular complexity index is 1120. The molecule has 31 heavy (non-hydrogen) atoms. The standard InChI is InChI=1S/C22H24N4O5/c1-30-18-8-5-14(11-19(18)31-2)17-9-10-23-20-12-16(25-26(17)20)21(27)24-15-6-3-13(4-7-15)22(28)29/h5,8-13,15H,3-4,6-7H2,1-2H3,(H,24,27)(H,28,29)/t13-,15-. The van der Waals surface area contributed by atoms with Gasteiger partial charge in [-0.05, 0) is 49.9 Å². The zero-order chi connectivity index (χ0) is 22.0. The maximum atomic E-state index is 12.8. The molecule has 1 amide bonds. The number of nitrogens with zero attached hydrogens (tertiary/aromatic N) is 3. The van der Waals surface area contributed by atoms with E-state index >= 15 is 0 Å². The maximum Gasteiger partial charge on any atom is 0.306 e. The van der Waals surface area contributed by atoms with Crippen LogP contribution in [0.15, 0.2) is 36.5 Å². The monoisotopic (exact) mass is 424 g/mol. The molecule has 4 rings (SSSR count). The van der Waals surface area contributed by atoms with Crippen molar-refractivity contribution in [3.05, 3.63) is 42.2 Å². The maximum absolute atomic E-state index is 12.8. The number of benzene rings is 1. The molecule has 0 radical (unpaired) electrons. The number of carboxylic acid groups (broad SMARTS) is 1. The smallest absolute Gasteiger partial charge is 0.306 e. The number of carboxylic acids is 1. The van der Waals surface area contributed by atoms with Gasteiger partial charge in [0.25, 0.3) is 5.91 Å². The summed E-state index contributed by atoms with van der Waals surface area (Å²) < 4.78 is 12.3. The summed E-state index contributed by atoms with van der Waals surface area (Å²) in [6.07, 6.45) is 4.08. The first-order chi connectivity index (χ1) is 15.0. The molecule has 1 aliphatic carbocycles. The van der Waals surface area contributed by atoms with Gasteiger partial charge in [0.15, 0.2) is 22.8 Å². The molecular formula is C22H24N4O5. The predicted octanol–water partition coefficient (Wildman–Crippen LogP) is 2.79. The Labute approximate surface area is 179 Å². The molecule has 1 fully saturated rings. The van der Waals surface area contributed by atoms with Crippen molar-refractivity contribution >= 4 is 17.5 Å². The molecule has 1 aliphatic rings. The van der Waals surface area contributed by atoms with E-state index in [0.717, 1.165) is 11.3 Å². The fraction of sp³-hybridized carbons (Fsp3) is 0.364. The van der Waals surface area contributed by atoms with E-state index in [9.17, 15) is 9.59 Å². The molecule has 1 saturated carbocycles. The van der Waals surface area contributed by atoms with E-state index in [4.69, 9.17) is 14.6 Å². The number of fused-ring (bicyclic) bond motifs is 1. The lowest BCUT2D eigenvalue weighted by Crippen LogP contribution is -2.38. The highest BCUT2D eigenvalue weighted by molar-refractivity contribution is 5.93. The average molecular weight is 424 g/mol. The lowest BCUT2D eigenvalue weighted by atomic mass is 9.86. The second-order valence-electron chi connectivity index (χ2n) is 7.56. The van der Waals surface area contributed by atoms with Gasteiger partial charge in [-0.3, -0.25) is 9.59 Å². The van der Waals surface area contributed by atoms with E-state index in [0.29, 0.717) is 42.8 Å². The van der Waals surface area contributed by atoms with Gasteiger partial charge in [0.1, 0.15) is 0 Å². The fourth-order valence-electron chi connectivity index (χ4n) is 3.96. The van der Waals surface area contributed by atoms with Crippen molar-refractivity contribution < 1.29 is 24.2 Å². The quantitative estimate of drug-likeness (QED) is 0.625. The molecule has 0 atom stereocenters. The molecule has 9 heteroatoms. The van der Waals surface area contributed by atoms with Crippen LogP contribution in [0.5, 0.6) is 11.5 Å². The normalized spacial score (nSPS) is 18.5. The largest absolute Gasteiger partial charge is 0.493 e. The van der Waals surface area contributed by atoms with Crippen LogP contribution in [-0.2, 0) is 4.79 Å². The molecule has 0 bridgehead atoms. The minimum absolute atomic E-state index is 0.0498. The third-order valence-electron chi connectivity index (χ3n) is 5.68. The Morgan fingerprint density at radius 1 is 1.06 bits per heavy atom. The second-order valence-corrected chi connectivity index (χ2v) is 7.56. The first-order valence-electron chi connectivity index (χ1n) is 10.1.